The van der Waals surface area contributed by atoms with Crippen LogP contribution in [0.5, 0.6) is 0 Å². The predicted octanol–water partition coefficient (Wildman–Crippen LogP) is -0.240. The van der Waals surface area contributed by atoms with Gasteiger partial charge in [-0.05, 0) is 6.07 Å². The molecule has 1 amide bonds. The van der Waals surface area contributed by atoms with E-state index in [4.69, 9.17) is 12.2 Å². The van der Waals surface area contributed by atoms with Gasteiger partial charge in [0.05, 0.1) is 17.4 Å². The van der Waals surface area contributed by atoms with Gasteiger partial charge < -0.3 is 9.90 Å². The van der Waals surface area contributed by atoms with Crippen molar-refractivity contribution in [3.63, 3.8) is 0 Å². The molecule has 0 saturated carbocycles. The molecule has 0 radical (unpaired) electrons. The number of carboxylic acids is 1. The average Bonchev–Trinajstić information content (AvgIpc) is 2.57. The number of nitrogens with one attached hydrogen (secondary N) is 1. The molecule has 98 valence electrons. The summed E-state index contributed by atoms with van der Waals surface area (Å²) in [7, 11) is 0. The molecule has 1 aliphatic rings. The highest BCUT2D eigenvalue weighted by Crippen LogP contribution is 2.31. The van der Waals surface area contributed by atoms with Crippen molar-refractivity contribution in [2.45, 2.75) is 6.92 Å². The lowest BCUT2D eigenvalue weighted by Gasteiger charge is -2.14. The first-order valence-electron chi connectivity index (χ1n) is 5.41. The quantitative estimate of drug-likeness (QED) is 0.568. The molecular formula is C12H10N2O3S2. The van der Waals surface area contributed by atoms with Crippen LogP contribution in [0.15, 0.2) is 23.1 Å². The lowest BCUT2D eigenvalue weighted by molar-refractivity contribution is -0.390. The van der Waals surface area contributed by atoms with Crippen LogP contribution < -0.4 is 10.1 Å². The molecule has 2 rings (SSSR count). The maximum Gasteiger partial charge on any atom is 0.266 e. The highest BCUT2D eigenvalue weighted by Gasteiger charge is 2.32. The topological polar surface area (TPSA) is 74.6 Å². The van der Waals surface area contributed by atoms with Gasteiger partial charge in [0.2, 0.25) is 5.69 Å². The van der Waals surface area contributed by atoms with Gasteiger partial charge in [-0.25, -0.2) is 4.98 Å². The molecule has 0 bridgehead atoms. The highest BCUT2D eigenvalue weighted by molar-refractivity contribution is 8.26. The number of hydrogen-bond donors (Lipinski definition) is 0. The first-order valence-corrected chi connectivity index (χ1v) is 6.64. The summed E-state index contributed by atoms with van der Waals surface area (Å²) >= 11 is 6.06. The summed E-state index contributed by atoms with van der Waals surface area (Å²) in [5.41, 5.74) is 1.72. The SMILES string of the molecule is Cc1cccc(/C=C2/SC(=S)N(CC(=O)[O-])C2=O)[nH+]1. The molecule has 0 spiro atoms. The Kier molecular flexibility index (Phi) is 3.96. The number of aliphatic carboxylic acids is 1. The number of carbonyl (C=O) groups excluding carboxylic acids is 2. The van der Waals surface area contributed by atoms with Crippen LogP contribution in [-0.2, 0) is 9.59 Å². The minimum absolute atomic E-state index is 0.230. The molecule has 1 aromatic rings. The summed E-state index contributed by atoms with van der Waals surface area (Å²) in [4.78, 5) is 27.1. The Morgan fingerprint density at radius 2 is 2.32 bits per heavy atom. The second-order valence-corrected chi connectivity index (χ2v) is 5.60. The number of rotatable bonds is 3. The number of aromatic amines is 1. The second kappa shape index (κ2) is 5.50. The van der Waals surface area contributed by atoms with Crippen molar-refractivity contribution >= 4 is 46.3 Å². The number of carbonyl (C=O) groups is 2. The molecule has 1 saturated heterocycles. The smallest absolute Gasteiger partial charge is 0.266 e. The fraction of sp³-hybridized carbons (Fsp3) is 0.167. The van der Waals surface area contributed by atoms with Crippen molar-refractivity contribution in [1.82, 2.24) is 4.90 Å². The molecule has 7 heteroatoms. The minimum Gasteiger partial charge on any atom is -0.548 e. The number of hydrogen-bond acceptors (Lipinski definition) is 5. The van der Waals surface area contributed by atoms with E-state index in [2.05, 4.69) is 4.98 Å². The molecule has 2 heterocycles. The van der Waals surface area contributed by atoms with Crippen LogP contribution >= 0.6 is 24.0 Å². The molecule has 1 fully saturated rings. The third-order valence-electron chi connectivity index (χ3n) is 2.41. The van der Waals surface area contributed by atoms with Crippen molar-refractivity contribution in [3.8, 4) is 0 Å². The standard InChI is InChI=1S/C12H10N2O3S2/c1-7-3-2-4-8(13-7)5-9-11(17)14(6-10(15)16)12(18)19-9/h2-5H,6H2,1H3,(H,15,16)/b9-5+. The van der Waals surface area contributed by atoms with Crippen molar-refractivity contribution < 1.29 is 19.7 Å². The fourth-order valence-electron chi connectivity index (χ4n) is 1.60. The van der Waals surface area contributed by atoms with E-state index in [1.807, 2.05) is 25.1 Å². The maximum atomic E-state index is 12.0. The summed E-state index contributed by atoms with van der Waals surface area (Å²) in [5, 5.41) is 10.6. The molecule has 1 aliphatic heterocycles. The normalized spacial score (nSPS) is 17.3. The number of thioether (sulfide) groups is 1. The van der Waals surface area contributed by atoms with Crippen LogP contribution in [0.1, 0.15) is 11.4 Å². The predicted molar refractivity (Wildman–Crippen MR) is 72.6 cm³/mol. The molecule has 0 atom stereocenters. The first-order chi connectivity index (χ1) is 8.97. The molecule has 0 unspecified atom stereocenters. The Bertz CT molecular complexity index is 598. The Hall–Kier alpha value is -1.73. The van der Waals surface area contributed by atoms with Gasteiger partial charge in [0.15, 0.2) is 5.69 Å². The zero-order chi connectivity index (χ0) is 14.0. The van der Waals surface area contributed by atoms with Gasteiger partial charge in [0, 0.05) is 25.1 Å². The number of aromatic nitrogens is 1. The van der Waals surface area contributed by atoms with Crippen LogP contribution in [0, 0.1) is 6.92 Å². The van der Waals surface area contributed by atoms with Gasteiger partial charge in [0.1, 0.15) is 4.32 Å². The van der Waals surface area contributed by atoms with Gasteiger partial charge in [-0.2, -0.15) is 0 Å². The lowest BCUT2D eigenvalue weighted by atomic mass is 10.3. The lowest BCUT2D eigenvalue weighted by Crippen LogP contribution is -2.40. The van der Waals surface area contributed by atoms with Crippen LogP contribution in [0.2, 0.25) is 0 Å². The second-order valence-electron chi connectivity index (χ2n) is 3.93. The molecule has 1 N–H and O–H groups in total. The summed E-state index contributed by atoms with van der Waals surface area (Å²) in [6, 6.07) is 5.58. The summed E-state index contributed by atoms with van der Waals surface area (Å²) in [6.07, 6.45) is 1.65. The van der Waals surface area contributed by atoms with Gasteiger partial charge >= 0.3 is 0 Å². The number of H-pyrrole nitrogens is 1. The summed E-state index contributed by atoms with van der Waals surface area (Å²) in [6.45, 7) is 1.39. The fourth-order valence-corrected chi connectivity index (χ4v) is 2.84. The highest BCUT2D eigenvalue weighted by atomic mass is 32.2. The number of aryl methyl sites for hydroxylation is 1. The van der Waals surface area contributed by atoms with Crippen LogP contribution in [0.25, 0.3) is 6.08 Å². The van der Waals surface area contributed by atoms with Crippen molar-refractivity contribution in [2.75, 3.05) is 6.54 Å². The van der Waals surface area contributed by atoms with E-state index in [1.165, 1.54) is 0 Å². The zero-order valence-electron chi connectivity index (χ0n) is 10.0. The van der Waals surface area contributed by atoms with Crippen molar-refractivity contribution in [1.29, 1.82) is 0 Å². The largest absolute Gasteiger partial charge is 0.548 e. The molecular weight excluding hydrogens is 284 g/mol. The van der Waals surface area contributed by atoms with Gasteiger partial charge in [0.25, 0.3) is 5.91 Å². The third kappa shape index (κ3) is 3.18. The number of nitrogens with zero attached hydrogens (tertiary/aromatic N) is 1. The monoisotopic (exact) mass is 294 g/mol. The molecule has 0 aliphatic carbocycles. The van der Waals surface area contributed by atoms with E-state index in [0.717, 1.165) is 28.0 Å². The number of carboxylic acid groups (broad SMARTS) is 1. The molecule has 5 nitrogen and oxygen atoms in total. The van der Waals surface area contributed by atoms with Crippen LogP contribution in [0.3, 0.4) is 0 Å². The van der Waals surface area contributed by atoms with Crippen molar-refractivity contribution in [3.05, 3.63) is 34.5 Å². The Morgan fingerprint density at radius 1 is 1.58 bits per heavy atom. The molecule has 19 heavy (non-hydrogen) atoms. The molecule has 1 aromatic heterocycles. The Labute approximate surface area is 119 Å². The Morgan fingerprint density at radius 3 is 2.95 bits per heavy atom. The zero-order valence-corrected chi connectivity index (χ0v) is 11.6. The first kappa shape index (κ1) is 13.7. The van der Waals surface area contributed by atoms with E-state index >= 15 is 0 Å². The van der Waals surface area contributed by atoms with E-state index in [-0.39, 0.29) is 4.32 Å². The van der Waals surface area contributed by atoms with E-state index in [0.29, 0.717) is 4.91 Å². The number of pyridine rings is 1. The van der Waals surface area contributed by atoms with Crippen LogP contribution in [0.4, 0.5) is 0 Å². The van der Waals surface area contributed by atoms with E-state index in [9.17, 15) is 14.7 Å². The number of amides is 1. The average molecular weight is 294 g/mol. The third-order valence-corrected chi connectivity index (χ3v) is 3.79. The summed E-state index contributed by atoms with van der Waals surface area (Å²) in [5.74, 6) is -1.74. The number of thiocarbonyl (C=S) groups is 1. The van der Waals surface area contributed by atoms with Gasteiger partial charge in [-0.1, -0.05) is 24.0 Å². The minimum atomic E-state index is -1.33. The molecule has 0 aromatic carbocycles. The Balaban J connectivity index is 2.25. The van der Waals surface area contributed by atoms with E-state index < -0.39 is 18.4 Å². The van der Waals surface area contributed by atoms with Gasteiger partial charge in [-0.15, -0.1) is 0 Å². The van der Waals surface area contributed by atoms with Crippen LogP contribution in [-0.4, -0.2) is 27.6 Å². The van der Waals surface area contributed by atoms with Gasteiger partial charge in [-0.3, -0.25) is 9.69 Å². The van der Waals surface area contributed by atoms with E-state index in [1.54, 1.807) is 6.08 Å². The van der Waals surface area contributed by atoms with Crippen molar-refractivity contribution in [2.24, 2.45) is 0 Å². The summed E-state index contributed by atoms with van der Waals surface area (Å²) < 4.78 is 0.230. The maximum absolute atomic E-state index is 12.0.